The molecule has 18 heavy (non-hydrogen) atoms. The lowest BCUT2D eigenvalue weighted by Crippen LogP contribution is -2.15. The first-order valence-corrected chi connectivity index (χ1v) is 6.23. The molecule has 0 spiro atoms. The van der Waals surface area contributed by atoms with Gasteiger partial charge in [-0.25, -0.2) is 9.50 Å². The van der Waals surface area contributed by atoms with Crippen LogP contribution in [-0.4, -0.2) is 45.9 Å². The summed E-state index contributed by atoms with van der Waals surface area (Å²) in [6, 6.07) is 3.52. The Morgan fingerprint density at radius 3 is 3.17 bits per heavy atom. The van der Waals surface area contributed by atoms with Gasteiger partial charge in [-0.2, -0.15) is 5.10 Å². The molecule has 1 aliphatic heterocycles. The molecule has 0 saturated carbocycles. The van der Waals surface area contributed by atoms with Crippen molar-refractivity contribution in [1.82, 2.24) is 19.5 Å². The number of aromatic nitrogens is 3. The molecule has 1 atom stereocenters. The van der Waals surface area contributed by atoms with Gasteiger partial charge in [0.1, 0.15) is 6.29 Å². The first-order chi connectivity index (χ1) is 8.74. The predicted octanol–water partition coefficient (Wildman–Crippen LogP) is 1.04. The molecule has 0 aromatic carbocycles. The van der Waals surface area contributed by atoms with Crippen molar-refractivity contribution >= 4 is 11.9 Å². The van der Waals surface area contributed by atoms with E-state index in [9.17, 15) is 4.79 Å². The molecule has 0 bridgehead atoms. The van der Waals surface area contributed by atoms with Gasteiger partial charge in [-0.1, -0.05) is 0 Å². The highest BCUT2D eigenvalue weighted by Crippen LogP contribution is 2.18. The van der Waals surface area contributed by atoms with Gasteiger partial charge in [-0.3, -0.25) is 4.79 Å². The number of likely N-dealkylation sites (tertiary alicyclic amines) is 1. The number of hydrogen-bond acceptors (Lipinski definition) is 4. The molecule has 3 rings (SSSR count). The van der Waals surface area contributed by atoms with E-state index in [1.807, 2.05) is 0 Å². The van der Waals surface area contributed by atoms with Gasteiger partial charge in [0.15, 0.2) is 11.5 Å². The van der Waals surface area contributed by atoms with Crippen LogP contribution in [0.15, 0.2) is 18.3 Å². The standard InChI is InChI=1S/C13H16N4O/c1-16-4-2-10(8-16)6-12-14-13-7-11(9-18)3-5-17(13)15-12/h3,5,7,9-10H,2,4,6,8H2,1H3. The lowest BCUT2D eigenvalue weighted by atomic mass is 10.1. The van der Waals surface area contributed by atoms with Gasteiger partial charge in [0.05, 0.1) is 0 Å². The maximum atomic E-state index is 10.7. The van der Waals surface area contributed by atoms with Crippen molar-refractivity contribution in [3.05, 3.63) is 29.7 Å². The normalized spacial score (nSPS) is 20.6. The third-order valence-electron chi connectivity index (χ3n) is 3.50. The van der Waals surface area contributed by atoms with Crippen molar-refractivity contribution in [3.63, 3.8) is 0 Å². The number of hydrogen-bond donors (Lipinski definition) is 0. The number of rotatable bonds is 3. The van der Waals surface area contributed by atoms with Gasteiger partial charge in [0.25, 0.3) is 0 Å². The van der Waals surface area contributed by atoms with Crippen molar-refractivity contribution in [1.29, 1.82) is 0 Å². The number of carbonyl (C=O) groups is 1. The summed E-state index contributed by atoms with van der Waals surface area (Å²) in [6.45, 7) is 2.28. The molecule has 94 valence electrons. The van der Waals surface area contributed by atoms with Crippen molar-refractivity contribution < 1.29 is 4.79 Å². The van der Waals surface area contributed by atoms with Gasteiger partial charge in [0.2, 0.25) is 0 Å². The Balaban J connectivity index is 1.82. The van der Waals surface area contributed by atoms with Crippen molar-refractivity contribution in [2.75, 3.05) is 20.1 Å². The van der Waals surface area contributed by atoms with E-state index in [4.69, 9.17) is 0 Å². The Kier molecular flexibility index (Phi) is 2.83. The number of carbonyl (C=O) groups excluding carboxylic acids is 1. The molecule has 1 aliphatic rings. The molecule has 3 heterocycles. The van der Waals surface area contributed by atoms with E-state index >= 15 is 0 Å². The monoisotopic (exact) mass is 244 g/mol. The Hall–Kier alpha value is -1.75. The Labute approximate surface area is 105 Å². The minimum Gasteiger partial charge on any atom is -0.306 e. The summed E-state index contributed by atoms with van der Waals surface area (Å²) in [4.78, 5) is 17.5. The van der Waals surface area contributed by atoms with Gasteiger partial charge >= 0.3 is 0 Å². The molecule has 1 saturated heterocycles. The summed E-state index contributed by atoms with van der Waals surface area (Å²) < 4.78 is 1.74. The molecule has 1 fully saturated rings. The van der Waals surface area contributed by atoms with E-state index in [0.717, 1.165) is 37.3 Å². The molecule has 0 amide bonds. The topological polar surface area (TPSA) is 50.5 Å². The molecule has 1 unspecified atom stereocenters. The largest absolute Gasteiger partial charge is 0.306 e. The lowest BCUT2D eigenvalue weighted by molar-refractivity contribution is 0.112. The maximum absolute atomic E-state index is 10.7. The molecular formula is C13H16N4O. The number of nitrogens with zero attached hydrogens (tertiary/aromatic N) is 4. The van der Waals surface area contributed by atoms with Gasteiger partial charge in [0, 0.05) is 24.7 Å². The zero-order valence-electron chi connectivity index (χ0n) is 10.4. The first-order valence-electron chi connectivity index (χ1n) is 6.23. The second-order valence-electron chi connectivity index (χ2n) is 5.03. The molecule has 5 nitrogen and oxygen atoms in total. The number of fused-ring (bicyclic) bond motifs is 1. The van der Waals surface area contributed by atoms with Crippen LogP contribution in [0.2, 0.25) is 0 Å². The van der Waals surface area contributed by atoms with Crippen molar-refractivity contribution in [3.8, 4) is 0 Å². The smallest absolute Gasteiger partial charge is 0.156 e. The third kappa shape index (κ3) is 2.13. The molecule has 2 aromatic heterocycles. The highest BCUT2D eigenvalue weighted by Gasteiger charge is 2.21. The maximum Gasteiger partial charge on any atom is 0.156 e. The Bertz CT molecular complexity index is 577. The summed E-state index contributed by atoms with van der Waals surface area (Å²) >= 11 is 0. The highest BCUT2D eigenvalue weighted by atomic mass is 16.1. The average Bonchev–Trinajstić information content (AvgIpc) is 2.94. The summed E-state index contributed by atoms with van der Waals surface area (Å²) in [5, 5.41) is 4.45. The van der Waals surface area contributed by atoms with Crippen LogP contribution in [0.3, 0.4) is 0 Å². The van der Waals surface area contributed by atoms with Crippen LogP contribution in [0.1, 0.15) is 22.6 Å². The Morgan fingerprint density at radius 2 is 2.44 bits per heavy atom. The van der Waals surface area contributed by atoms with E-state index in [1.54, 1.807) is 22.8 Å². The van der Waals surface area contributed by atoms with Crippen LogP contribution < -0.4 is 0 Å². The molecule has 5 heteroatoms. The van der Waals surface area contributed by atoms with Crippen LogP contribution in [-0.2, 0) is 6.42 Å². The zero-order chi connectivity index (χ0) is 12.5. The quantitative estimate of drug-likeness (QED) is 0.757. The van der Waals surface area contributed by atoms with E-state index in [0.29, 0.717) is 11.5 Å². The summed E-state index contributed by atoms with van der Waals surface area (Å²) in [5.74, 6) is 1.52. The molecule has 2 aromatic rings. The Morgan fingerprint density at radius 1 is 1.56 bits per heavy atom. The number of pyridine rings is 1. The van der Waals surface area contributed by atoms with E-state index in [-0.39, 0.29) is 0 Å². The second-order valence-corrected chi connectivity index (χ2v) is 5.03. The fraction of sp³-hybridized carbons (Fsp3) is 0.462. The minimum atomic E-state index is 0.641. The summed E-state index contributed by atoms with van der Waals surface area (Å²) in [5.41, 5.74) is 1.39. The van der Waals surface area contributed by atoms with E-state index in [2.05, 4.69) is 22.0 Å². The van der Waals surface area contributed by atoms with Crippen molar-refractivity contribution in [2.24, 2.45) is 5.92 Å². The number of aldehydes is 1. The van der Waals surface area contributed by atoms with Crippen LogP contribution in [0.4, 0.5) is 0 Å². The summed E-state index contributed by atoms with van der Waals surface area (Å²) in [7, 11) is 2.15. The van der Waals surface area contributed by atoms with Crippen LogP contribution in [0.5, 0.6) is 0 Å². The van der Waals surface area contributed by atoms with Crippen LogP contribution >= 0.6 is 0 Å². The van der Waals surface area contributed by atoms with Crippen LogP contribution in [0, 0.1) is 5.92 Å². The van der Waals surface area contributed by atoms with Crippen molar-refractivity contribution in [2.45, 2.75) is 12.8 Å². The first kappa shape index (κ1) is 11.3. The average molecular weight is 244 g/mol. The fourth-order valence-electron chi connectivity index (χ4n) is 2.55. The van der Waals surface area contributed by atoms with Gasteiger partial charge in [-0.15, -0.1) is 0 Å². The fourth-order valence-corrected chi connectivity index (χ4v) is 2.55. The second kappa shape index (κ2) is 4.49. The van der Waals surface area contributed by atoms with Gasteiger partial charge in [-0.05, 0) is 38.1 Å². The summed E-state index contributed by atoms with van der Waals surface area (Å²) in [6.07, 6.45) is 4.75. The molecule has 0 radical (unpaired) electrons. The third-order valence-corrected chi connectivity index (χ3v) is 3.50. The molecule has 0 N–H and O–H groups in total. The van der Waals surface area contributed by atoms with Gasteiger partial charge < -0.3 is 4.90 Å². The lowest BCUT2D eigenvalue weighted by Gasteiger charge is -2.07. The molecule has 0 aliphatic carbocycles. The predicted molar refractivity (Wildman–Crippen MR) is 67.7 cm³/mol. The highest BCUT2D eigenvalue weighted by molar-refractivity contribution is 5.76. The SMILES string of the molecule is CN1CCC(Cc2nc3cc(C=O)ccn3n2)C1. The van der Waals surface area contributed by atoms with E-state index in [1.165, 1.54) is 6.42 Å². The molecular weight excluding hydrogens is 228 g/mol. The minimum absolute atomic E-state index is 0.641. The van der Waals surface area contributed by atoms with E-state index < -0.39 is 0 Å². The zero-order valence-corrected chi connectivity index (χ0v) is 10.4. The van der Waals surface area contributed by atoms with Crippen LogP contribution in [0.25, 0.3) is 5.65 Å².